The fourth-order valence-corrected chi connectivity index (χ4v) is 4.47. The van der Waals surface area contributed by atoms with Crippen molar-refractivity contribution in [2.75, 3.05) is 20.2 Å². The van der Waals surface area contributed by atoms with Crippen LogP contribution in [0.1, 0.15) is 39.3 Å². The smallest absolute Gasteiger partial charge is 0.337 e. The van der Waals surface area contributed by atoms with Crippen LogP contribution in [0.2, 0.25) is 0 Å². The Balaban J connectivity index is 1.28. The van der Waals surface area contributed by atoms with E-state index in [1.807, 2.05) is 12.1 Å². The number of benzene rings is 1. The third kappa shape index (κ3) is 5.18. The second-order valence-electron chi connectivity index (χ2n) is 7.64. The molecule has 1 saturated heterocycles. The first-order valence-corrected chi connectivity index (χ1v) is 11.0. The van der Waals surface area contributed by atoms with Gasteiger partial charge in [0, 0.05) is 49.9 Å². The highest BCUT2D eigenvalue weighted by atomic mass is 32.1. The van der Waals surface area contributed by atoms with Gasteiger partial charge in [0.1, 0.15) is 5.01 Å². The third-order valence-electron chi connectivity index (χ3n) is 5.38. The molecule has 1 aromatic carbocycles. The molecule has 0 aliphatic carbocycles. The molecule has 0 spiro atoms. The van der Waals surface area contributed by atoms with E-state index >= 15 is 0 Å². The van der Waals surface area contributed by atoms with Crippen LogP contribution in [0.15, 0.2) is 42.0 Å². The van der Waals surface area contributed by atoms with E-state index in [1.54, 1.807) is 47.6 Å². The molecular weight excluding hydrogens is 414 g/mol. The van der Waals surface area contributed by atoms with Crippen molar-refractivity contribution >= 4 is 23.2 Å². The van der Waals surface area contributed by atoms with Crippen LogP contribution in [0.25, 0.3) is 10.6 Å². The second-order valence-corrected chi connectivity index (χ2v) is 8.50. The zero-order valence-electron chi connectivity index (χ0n) is 17.6. The molecule has 3 aromatic rings. The Morgan fingerprint density at radius 1 is 1.19 bits per heavy atom. The maximum absolute atomic E-state index is 12.3. The SMILES string of the molecule is COC(=O)c1ccc(-c2nc(CN3CCC(NC(=O)c4cnn(C)c4)CC3)cs2)cc1. The monoisotopic (exact) mass is 439 g/mol. The summed E-state index contributed by atoms with van der Waals surface area (Å²) in [6, 6.07) is 7.49. The van der Waals surface area contributed by atoms with Crippen molar-refractivity contribution in [3.63, 3.8) is 0 Å². The number of methoxy groups -OCH3 is 1. The maximum Gasteiger partial charge on any atom is 0.337 e. The third-order valence-corrected chi connectivity index (χ3v) is 6.32. The summed E-state index contributed by atoms with van der Waals surface area (Å²) in [5.41, 5.74) is 3.15. The number of amides is 1. The van der Waals surface area contributed by atoms with E-state index in [9.17, 15) is 9.59 Å². The van der Waals surface area contributed by atoms with Gasteiger partial charge in [-0.1, -0.05) is 12.1 Å². The van der Waals surface area contributed by atoms with Crippen molar-refractivity contribution in [3.8, 4) is 10.6 Å². The molecule has 0 atom stereocenters. The molecule has 1 fully saturated rings. The Kier molecular flexibility index (Phi) is 6.43. The second kappa shape index (κ2) is 9.40. The van der Waals surface area contributed by atoms with E-state index in [4.69, 9.17) is 9.72 Å². The number of aryl methyl sites for hydroxylation is 1. The number of thiazole rings is 1. The molecule has 0 saturated carbocycles. The zero-order chi connectivity index (χ0) is 21.8. The van der Waals surface area contributed by atoms with Crippen molar-refractivity contribution in [1.29, 1.82) is 0 Å². The summed E-state index contributed by atoms with van der Waals surface area (Å²) < 4.78 is 6.37. The molecule has 1 amide bonds. The van der Waals surface area contributed by atoms with Gasteiger partial charge in [-0.25, -0.2) is 9.78 Å². The van der Waals surface area contributed by atoms with Crippen LogP contribution >= 0.6 is 11.3 Å². The molecule has 1 aliphatic rings. The first-order valence-electron chi connectivity index (χ1n) is 10.2. The van der Waals surface area contributed by atoms with E-state index in [1.165, 1.54) is 7.11 Å². The average Bonchev–Trinajstić information content (AvgIpc) is 3.44. The lowest BCUT2D eigenvalue weighted by Gasteiger charge is -2.31. The Bertz CT molecular complexity index is 1050. The average molecular weight is 440 g/mol. The molecule has 2 aromatic heterocycles. The fraction of sp³-hybridized carbons (Fsp3) is 0.364. The quantitative estimate of drug-likeness (QED) is 0.594. The zero-order valence-corrected chi connectivity index (χ0v) is 18.4. The minimum atomic E-state index is -0.341. The van der Waals surface area contributed by atoms with Crippen LogP contribution in [-0.4, -0.2) is 57.8 Å². The van der Waals surface area contributed by atoms with Gasteiger partial charge in [0.2, 0.25) is 0 Å². The number of ether oxygens (including phenoxy) is 1. The first kappa shape index (κ1) is 21.2. The van der Waals surface area contributed by atoms with E-state index in [2.05, 4.69) is 20.7 Å². The van der Waals surface area contributed by atoms with Crippen molar-refractivity contribution in [2.45, 2.75) is 25.4 Å². The normalized spacial score (nSPS) is 15.0. The van der Waals surface area contributed by atoms with Crippen LogP contribution in [0.5, 0.6) is 0 Å². The molecule has 0 radical (unpaired) electrons. The van der Waals surface area contributed by atoms with Gasteiger partial charge in [-0.3, -0.25) is 14.4 Å². The molecule has 8 nitrogen and oxygen atoms in total. The topological polar surface area (TPSA) is 89.3 Å². The summed E-state index contributed by atoms with van der Waals surface area (Å²) in [6.07, 6.45) is 5.15. The molecule has 162 valence electrons. The lowest BCUT2D eigenvalue weighted by Crippen LogP contribution is -2.44. The summed E-state index contributed by atoms with van der Waals surface area (Å²) in [7, 11) is 3.18. The van der Waals surface area contributed by atoms with Gasteiger partial charge < -0.3 is 10.1 Å². The van der Waals surface area contributed by atoms with E-state index < -0.39 is 0 Å². The summed E-state index contributed by atoms with van der Waals surface area (Å²) in [5.74, 6) is -0.402. The number of aromatic nitrogens is 3. The maximum atomic E-state index is 12.3. The summed E-state index contributed by atoms with van der Waals surface area (Å²) in [6.45, 7) is 2.62. The highest BCUT2D eigenvalue weighted by Gasteiger charge is 2.22. The largest absolute Gasteiger partial charge is 0.465 e. The Morgan fingerprint density at radius 3 is 2.58 bits per heavy atom. The number of likely N-dealkylation sites (tertiary alicyclic amines) is 1. The summed E-state index contributed by atoms with van der Waals surface area (Å²) in [4.78, 5) is 31.0. The number of carbonyl (C=O) groups is 2. The first-order chi connectivity index (χ1) is 15.0. The predicted octanol–water partition coefficient (Wildman–Crippen LogP) is 2.72. The van der Waals surface area contributed by atoms with Crippen molar-refractivity contribution in [3.05, 3.63) is 58.9 Å². The number of carbonyl (C=O) groups excluding carboxylic acids is 2. The lowest BCUT2D eigenvalue weighted by atomic mass is 10.0. The summed E-state index contributed by atoms with van der Waals surface area (Å²) in [5, 5.41) is 10.2. The highest BCUT2D eigenvalue weighted by molar-refractivity contribution is 7.13. The van der Waals surface area contributed by atoms with Crippen LogP contribution in [0, 0.1) is 0 Å². The van der Waals surface area contributed by atoms with Crippen LogP contribution in [0.3, 0.4) is 0 Å². The number of hydrogen-bond acceptors (Lipinski definition) is 7. The van der Waals surface area contributed by atoms with Crippen molar-refractivity contribution < 1.29 is 14.3 Å². The molecule has 0 bridgehead atoms. The number of piperidine rings is 1. The van der Waals surface area contributed by atoms with Gasteiger partial charge >= 0.3 is 5.97 Å². The number of nitrogens with one attached hydrogen (secondary N) is 1. The molecule has 0 unspecified atom stereocenters. The Labute approximate surface area is 184 Å². The number of esters is 1. The standard InChI is InChI=1S/C22H25N5O3S/c1-26-12-17(11-23-26)20(28)24-18-7-9-27(10-8-18)13-19-14-31-21(25-19)15-3-5-16(6-4-15)22(29)30-2/h3-6,11-12,14,18H,7-10,13H2,1-2H3,(H,24,28). The van der Waals surface area contributed by atoms with E-state index in [0.717, 1.165) is 48.7 Å². The van der Waals surface area contributed by atoms with Crippen molar-refractivity contribution in [1.82, 2.24) is 25.0 Å². The molecule has 4 rings (SSSR count). The van der Waals surface area contributed by atoms with Gasteiger partial charge in [0.25, 0.3) is 5.91 Å². The van der Waals surface area contributed by atoms with E-state index in [-0.39, 0.29) is 17.9 Å². The molecular formula is C22H25N5O3S. The number of hydrogen-bond donors (Lipinski definition) is 1. The van der Waals surface area contributed by atoms with Crippen LogP contribution in [-0.2, 0) is 18.3 Å². The number of nitrogens with zero attached hydrogens (tertiary/aromatic N) is 4. The Hall–Kier alpha value is -3.04. The van der Waals surface area contributed by atoms with Gasteiger partial charge in [0.15, 0.2) is 0 Å². The van der Waals surface area contributed by atoms with Gasteiger partial charge in [0.05, 0.1) is 30.1 Å². The number of rotatable bonds is 6. The molecule has 1 aliphatic heterocycles. The van der Waals surface area contributed by atoms with Gasteiger partial charge in [-0.05, 0) is 25.0 Å². The van der Waals surface area contributed by atoms with Crippen LogP contribution in [0.4, 0.5) is 0 Å². The minimum absolute atomic E-state index is 0.0612. The Morgan fingerprint density at radius 2 is 1.94 bits per heavy atom. The molecule has 3 heterocycles. The van der Waals surface area contributed by atoms with Gasteiger partial charge in [-0.15, -0.1) is 11.3 Å². The molecule has 31 heavy (non-hydrogen) atoms. The van der Waals surface area contributed by atoms with E-state index in [0.29, 0.717) is 11.1 Å². The summed E-state index contributed by atoms with van der Waals surface area (Å²) >= 11 is 1.60. The molecule has 9 heteroatoms. The van der Waals surface area contributed by atoms with Gasteiger partial charge in [-0.2, -0.15) is 5.10 Å². The fourth-order valence-electron chi connectivity index (χ4n) is 3.65. The molecule has 1 N–H and O–H groups in total. The lowest BCUT2D eigenvalue weighted by molar-refractivity contribution is 0.0600. The minimum Gasteiger partial charge on any atom is -0.465 e. The van der Waals surface area contributed by atoms with Crippen molar-refractivity contribution in [2.24, 2.45) is 7.05 Å². The predicted molar refractivity (Wildman–Crippen MR) is 118 cm³/mol. The van der Waals surface area contributed by atoms with Crippen LogP contribution < -0.4 is 5.32 Å². The highest BCUT2D eigenvalue weighted by Crippen LogP contribution is 2.25.